The standard InChI is InChI=1S/C7H17NO3S/c1-7(2,3)11-5-6-12(9,10)8-4/h8H,5-6H2,1-4H3. The van der Waals surface area contributed by atoms with Gasteiger partial charge in [-0.2, -0.15) is 0 Å². The van der Waals surface area contributed by atoms with E-state index in [2.05, 4.69) is 4.72 Å². The number of nitrogens with one attached hydrogen (secondary N) is 1. The third-order valence-electron chi connectivity index (χ3n) is 1.20. The molecule has 0 saturated carbocycles. The van der Waals surface area contributed by atoms with Crippen LogP contribution >= 0.6 is 0 Å². The van der Waals surface area contributed by atoms with Crippen LogP contribution < -0.4 is 4.72 Å². The first kappa shape index (κ1) is 11.9. The molecular weight excluding hydrogens is 178 g/mol. The summed E-state index contributed by atoms with van der Waals surface area (Å²) in [4.78, 5) is 0. The Kier molecular flexibility index (Phi) is 4.16. The summed E-state index contributed by atoms with van der Waals surface area (Å²) in [5.74, 6) is 0.0147. The SMILES string of the molecule is CNS(=O)(=O)CCOC(C)(C)C. The maximum atomic E-state index is 10.9. The molecule has 0 aromatic carbocycles. The molecule has 5 heteroatoms. The summed E-state index contributed by atoms with van der Waals surface area (Å²) in [6.45, 7) is 5.89. The summed E-state index contributed by atoms with van der Waals surface area (Å²) in [6, 6.07) is 0. The molecule has 0 rings (SSSR count). The van der Waals surface area contributed by atoms with Crippen LogP contribution in [0.15, 0.2) is 0 Å². The minimum absolute atomic E-state index is 0.0147. The fourth-order valence-electron chi connectivity index (χ4n) is 0.560. The van der Waals surface area contributed by atoms with E-state index in [1.165, 1.54) is 7.05 Å². The minimum atomic E-state index is -3.12. The van der Waals surface area contributed by atoms with Crippen LogP contribution in [0.25, 0.3) is 0 Å². The Labute approximate surface area is 74.4 Å². The molecule has 0 aliphatic carbocycles. The van der Waals surface area contributed by atoms with Crippen molar-refractivity contribution in [3.8, 4) is 0 Å². The molecule has 12 heavy (non-hydrogen) atoms. The van der Waals surface area contributed by atoms with Crippen LogP contribution in [0.2, 0.25) is 0 Å². The van der Waals surface area contributed by atoms with E-state index in [4.69, 9.17) is 4.74 Å². The van der Waals surface area contributed by atoms with E-state index < -0.39 is 10.0 Å². The van der Waals surface area contributed by atoms with Crippen molar-refractivity contribution in [2.24, 2.45) is 0 Å². The summed E-state index contributed by atoms with van der Waals surface area (Å²) in [6.07, 6.45) is 0. The van der Waals surface area contributed by atoms with Crippen LogP contribution in [-0.2, 0) is 14.8 Å². The lowest BCUT2D eigenvalue weighted by Crippen LogP contribution is -2.28. The quantitative estimate of drug-likeness (QED) is 0.704. The van der Waals surface area contributed by atoms with Gasteiger partial charge in [-0.15, -0.1) is 0 Å². The predicted octanol–water partition coefficient (Wildman–Crippen LogP) is 0.351. The molecule has 0 aliphatic rings. The Morgan fingerprint density at radius 1 is 1.33 bits per heavy atom. The fraction of sp³-hybridized carbons (Fsp3) is 1.00. The highest BCUT2D eigenvalue weighted by Crippen LogP contribution is 2.05. The third-order valence-corrected chi connectivity index (χ3v) is 2.52. The average molecular weight is 195 g/mol. The Hall–Kier alpha value is -0.130. The van der Waals surface area contributed by atoms with Gasteiger partial charge in [-0.1, -0.05) is 0 Å². The van der Waals surface area contributed by atoms with E-state index in [0.717, 1.165) is 0 Å². The van der Waals surface area contributed by atoms with Crippen molar-refractivity contribution >= 4 is 10.0 Å². The first-order valence-corrected chi connectivity index (χ1v) is 5.47. The summed E-state index contributed by atoms with van der Waals surface area (Å²) in [5.41, 5.74) is -0.275. The van der Waals surface area contributed by atoms with E-state index in [-0.39, 0.29) is 18.0 Å². The van der Waals surface area contributed by atoms with Crippen LogP contribution in [-0.4, -0.2) is 33.4 Å². The number of rotatable bonds is 4. The smallest absolute Gasteiger partial charge is 0.213 e. The highest BCUT2D eigenvalue weighted by molar-refractivity contribution is 7.89. The van der Waals surface area contributed by atoms with Crippen LogP contribution in [0.4, 0.5) is 0 Å². The second-order valence-corrected chi connectivity index (χ2v) is 5.53. The molecular formula is C7H17NO3S. The van der Waals surface area contributed by atoms with Gasteiger partial charge in [0.25, 0.3) is 0 Å². The van der Waals surface area contributed by atoms with E-state index >= 15 is 0 Å². The molecule has 0 bridgehead atoms. The molecule has 0 saturated heterocycles. The number of ether oxygens (including phenoxy) is 1. The molecule has 0 heterocycles. The van der Waals surface area contributed by atoms with Crippen molar-refractivity contribution in [3.05, 3.63) is 0 Å². The zero-order valence-electron chi connectivity index (χ0n) is 8.05. The maximum absolute atomic E-state index is 10.9. The molecule has 0 unspecified atom stereocenters. The van der Waals surface area contributed by atoms with Gasteiger partial charge in [0.2, 0.25) is 10.0 Å². The Morgan fingerprint density at radius 2 is 1.83 bits per heavy atom. The van der Waals surface area contributed by atoms with E-state index in [1.54, 1.807) is 0 Å². The monoisotopic (exact) mass is 195 g/mol. The molecule has 0 aromatic heterocycles. The second-order valence-electron chi connectivity index (χ2n) is 3.48. The predicted molar refractivity (Wildman–Crippen MR) is 48.6 cm³/mol. The number of hydrogen-bond donors (Lipinski definition) is 1. The average Bonchev–Trinajstić information content (AvgIpc) is 1.84. The van der Waals surface area contributed by atoms with Crippen LogP contribution in [0.1, 0.15) is 20.8 Å². The lowest BCUT2D eigenvalue weighted by molar-refractivity contribution is 0.00640. The topological polar surface area (TPSA) is 55.4 Å². The molecule has 0 fully saturated rings. The summed E-state index contributed by atoms with van der Waals surface area (Å²) >= 11 is 0. The molecule has 4 nitrogen and oxygen atoms in total. The van der Waals surface area contributed by atoms with Gasteiger partial charge in [-0.05, 0) is 27.8 Å². The van der Waals surface area contributed by atoms with Crippen LogP contribution in [0.5, 0.6) is 0 Å². The molecule has 0 amide bonds. The molecule has 0 atom stereocenters. The molecule has 1 N–H and O–H groups in total. The van der Waals surface area contributed by atoms with E-state index in [1.807, 2.05) is 20.8 Å². The summed E-state index contributed by atoms with van der Waals surface area (Å²) in [7, 11) is -1.72. The van der Waals surface area contributed by atoms with Gasteiger partial charge in [0.05, 0.1) is 18.0 Å². The van der Waals surface area contributed by atoms with Crippen LogP contribution in [0.3, 0.4) is 0 Å². The Morgan fingerprint density at radius 3 is 2.17 bits per heavy atom. The second kappa shape index (κ2) is 4.20. The van der Waals surface area contributed by atoms with E-state index in [0.29, 0.717) is 0 Å². The zero-order chi connectivity index (χ0) is 9.83. The van der Waals surface area contributed by atoms with Crippen molar-refractivity contribution in [2.45, 2.75) is 26.4 Å². The normalized spacial score (nSPS) is 13.3. The highest BCUT2D eigenvalue weighted by Gasteiger charge is 2.12. The molecule has 0 aromatic rings. The first-order chi connectivity index (χ1) is 5.27. The van der Waals surface area contributed by atoms with Crippen molar-refractivity contribution in [2.75, 3.05) is 19.4 Å². The van der Waals surface area contributed by atoms with E-state index in [9.17, 15) is 8.42 Å². The van der Waals surface area contributed by atoms with Crippen molar-refractivity contribution < 1.29 is 13.2 Å². The molecule has 74 valence electrons. The molecule has 0 spiro atoms. The lowest BCUT2D eigenvalue weighted by Gasteiger charge is -2.19. The van der Waals surface area contributed by atoms with Crippen molar-refractivity contribution in [1.29, 1.82) is 0 Å². The first-order valence-electron chi connectivity index (χ1n) is 3.82. The summed E-state index contributed by atoms with van der Waals surface area (Å²) < 4.78 is 29.3. The van der Waals surface area contributed by atoms with Gasteiger partial charge in [0.1, 0.15) is 0 Å². The lowest BCUT2D eigenvalue weighted by atomic mass is 10.2. The zero-order valence-corrected chi connectivity index (χ0v) is 8.86. The van der Waals surface area contributed by atoms with Gasteiger partial charge in [-0.25, -0.2) is 13.1 Å². The number of sulfonamides is 1. The molecule has 0 aliphatic heterocycles. The maximum Gasteiger partial charge on any atom is 0.213 e. The Bertz CT molecular complexity index is 215. The minimum Gasteiger partial charge on any atom is -0.375 e. The third kappa shape index (κ3) is 6.57. The summed E-state index contributed by atoms with van der Waals surface area (Å²) in [5, 5.41) is 0. The Balaban J connectivity index is 3.73. The van der Waals surface area contributed by atoms with Crippen molar-refractivity contribution in [3.63, 3.8) is 0 Å². The van der Waals surface area contributed by atoms with Gasteiger partial charge < -0.3 is 4.74 Å². The van der Waals surface area contributed by atoms with Crippen molar-refractivity contribution in [1.82, 2.24) is 4.72 Å². The highest BCUT2D eigenvalue weighted by atomic mass is 32.2. The van der Waals surface area contributed by atoms with Gasteiger partial charge in [0.15, 0.2) is 0 Å². The molecule has 0 radical (unpaired) electrons. The largest absolute Gasteiger partial charge is 0.375 e. The van der Waals surface area contributed by atoms with Gasteiger partial charge in [0, 0.05) is 0 Å². The van der Waals surface area contributed by atoms with Gasteiger partial charge in [-0.3, -0.25) is 0 Å². The fourth-order valence-corrected chi connectivity index (χ4v) is 1.07. The van der Waals surface area contributed by atoms with Crippen LogP contribution in [0, 0.1) is 0 Å². The van der Waals surface area contributed by atoms with Gasteiger partial charge >= 0.3 is 0 Å². The number of hydrogen-bond acceptors (Lipinski definition) is 3.